The Hall–Kier alpha value is -2.76. The SMILES string of the molecule is Cc1cc(C(=O)N2CCN(C(=O)CCc3ccc(F)cc3)CC2)ccc1F. The maximum Gasteiger partial charge on any atom is 0.253 e. The van der Waals surface area contributed by atoms with Crippen LogP contribution in [0.2, 0.25) is 0 Å². The summed E-state index contributed by atoms with van der Waals surface area (Å²) in [6.07, 6.45) is 0.920. The summed E-state index contributed by atoms with van der Waals surface area (Å²) in [5.41, 5.74) is 1.82. The molecule has 3 rings (SSSR count). The summed E-state index contributed by atoms with van der Waals surface area (Å²) in [5, 5.41) is 0. The average molecular weight is 372 g/mol. The molecule has 4 nitrogen and oxygen atoms in total. The van der Waals surface area contributed by atoms with Crippen molar-refractivity contribution in [2.75, 3.05) is 26.2 Å². The molecule has 1 heterocycles. The van der Waals surface area contributed by atoms with Crippen LogP contribution >= 0.6 is 0 Å². The van der Waals surface area contributed by atoms with E-state index < -0.39 is 0 Å². The lowest BCUT2D eigenvalue weighted by molar-refractivity contribution is -0.132. The second-order valence-corrected chi connectivity index (χ2v) is 6.76. The predicted molar refractivity (Wildman–Crippen MR) is 98.3 cm³/mol. The van der Waals surface area contributed by atoms with Crippen molar-refractivity contribution in [1.82, 2.24) is 9.80 Å². The van der Waals surface area contributed by atoms with E-state index in [1.54, 1.807) is 34.9 Å². The van der Waals surface area contributed by atoms with E-state index in [9.17, 15) is 18.4 Å². The second-order valence-electron chi connectivity index (χ2n) is 6.76. The van der Waals surface area contributed by atoms with Gasteiger partial charge in [0, 0.05) is 38.2 Å². The largest absolute Gasteiger partial charge is 0.339 e. The smallest absolute Gasteiger partial charge is 0.253 e. The van der Waals surface area contributed by atoms with E-state index in [0.717, 1.165) is 5.56 Å². The van der Waals surface area contributed by atoms with Gasteiger partial charge in [0.2, 0.25) is 5.91 Å². The molecular weight excluding hydrogens is 350 g/mol. The topological polar surface area (TPSA) is 40.6 Å². The first kappa shape index (κ1) is 19.0. The summed E-state index contributed by atoms with van der Waals surface area (Å²) in [6, 6.07) is 10.5. The minimum atomic E-state index is -0.330. The summed E-state index contributed by atoms with van der Waals surface area (Å²) in [6.45, 7) is 3.50. The summed E-state index contributed by atoms with van der Waals surface area (Å²) >= 11 is 0. The van der Waals surface area contributed by atoms with Gasteiger partial charge in [-0.15, -0.1) is 0 Å². The minimum Gasteiger partial charge on any atom is -0.339 e. The average Bonchev–Trinajstić information content (AvgIpc) is 2.69. The van der Waals surface area contributed by atoms with Crippen molar-refractivity contribution in [2.24, 2.45) is 0 Å². The number of carbonyl (C=O) groups is 2. The quantitative estimate of drug-likeness (QED) is 0.827. The Morgan fingerprint density at radius 2 is 1.56 bits per heavy atom. The van der Waals surface area contributed by atoms with Crippen LogP contribution < -0.4 is 0 Å². The molecule has 1 aliphatic heterocycles. The Morgan fingerprint density at radius 3 is 2.19 bits per heavy atom. The fourth-order valence-corrected chi connectivity index (χ4v) is 3.18. The van der Waals surface area contributed by atoms with Crippen LogP contribution in [0.5, 0.6) is 0 Å². The molecule has 0 N–H and O–H groups in total. The number of nitrogens with zero attached hydrogens (tertiary/aromatic N) is 2. The van der Waals surface area contributed by atoms with E-state index in [4.69, 9.17) is 0 Å². The highest BCUT2D eigenvalue weighted by molar-refractivity contribution is 5.94. The molecule has 2 amide bonds. The van der Waals surface area contributed by atoms with Crippen molar-refractivity contribution < 1.29 is 18.4 Å². The first-order chi connectivity index (χ1) is 12.9. The zero-order valence-corrected chi connectivity index (χ0v) is 15.3. The molecule has 0 bridgehead atoms. The van der Waals surface area contributed by atoms with Crippen molar-refractivity contribution in [3.63, 3.8) is 0 Å². The Bertz CT molecular complexity index is 829. The molecule has 0 atom stereocenters. The summed E-state index contributed by atoms with van der Waals surface area (Å²) < 4.78 is 26.3. The normalized spacial score (nSPS) is 14.3. The third-order valence-corrected chi connectivity index (χ3v) is 4.87. The van der Waals surface area contributed by atoms with Gasteiger partial charge in [0.1, 0.15) is 11.6 Å². The van der Waals surface area contributed by atoms with Crippen LogP contribution in [-0.2, 0) is 11.2 Å². The number of carbonyl (C=O) groups excluding carboxylic acids is 2. The number of halogens is 2. The van der Waals surface area contributed by atoms with E-state index in [2.05, 4.69) is 0 Å². The standard InChI is InChI=1S/C21H22F2N2O2/c1-15-14-17(5-8-19(15)23)21(27)25-12-10-24(11-13-25)20(26)9-4-16-2-6-18(22)7-3-16/h2-3,5-8,14H,4,9-13H2,1H3. The molecule has 1 saturated heterocycles. The van der Waals surface area contributed by atoms with Crippen LogP contribution in [0.25, 0.3) is 0 Å². The van der Waals surface area contributed by atoms with Crippen molar-refractivity contribution in [3.8, 4) is 0 Å². The lowest BCUT2D eigenvalue weighted by atomic mass is 10.1. The Kier molecular flexibility index (Phi) is 5.84. The Morgan fingerprint density at radius 1 is 0.926 bits per heavy atom. The third kappa shape index (κ3) is 4.70. The van der Waals surface area contributed by atoms with Gasteiger partial charge in [0.25, 0.3) is 5.91 Å². The molecule has 6 heteroatoms. The molecule has 0 unspecified atom stereocenters. The monoisotopic (exact) mass is 372 g/mol. The van der Waals surface area contributed by atoms with Gasteiger partial charge in [-0.25, -0.2) is 8.78 Å². The maximum absolute atomic E-state index is 13.4. The summed E-state index contributed by atoms with van der Waals surface area (Å²) in [5.74, 6) is -0.731. The van der Waals surface area contributed by atoms with Gasteiger partial charge < -0.3 is 9.80 Å². The Labute approximate surface area is 157 Å². The van der Waals surface area contributed by atoms with E-state index >= 15 is 0 Å². The molecule has 1 aliphatic rings. The molecule has 1 fully saturated rings. The van der Waals surface area contributed by atoms with Gasteiger partial charge >= 0.3 is 0 Å². The summed E-state index contributed by atoms with van der Waals surface area (Å²) in [4.78, 5) is 28.4. The van der Waals surface area contributed by atoms with Gasteiger partial charge in [-0.3, -0.25) is 9.59 Å². The number of benzene rings is 2. The van der Waals surface area contributed by atoms with Gasteiger partial charge in [-0.1, -0.05) is 12.1 Å². The van der Waals surface area contributed by atoms with Crippen LogP contribution in [0, 0.1) is 18.6 Å². The van der Waals surface area contributed by atoms with Crippen LogP contribution in [0.3, 0.4) is 0 Å². The second kappa shape index (κ2) is 8.29. The lowest BCUT2D eigenvalue weighted by Crippen LogP contribution is -2.50. The molecule has 2 aromatic carbocycles. The van der Waals surface area contributed by atoms with E-state index in [-0.39, 0.29) is 23.4 Å². The van der Waals surface area contributed by atoms with Gasteiger partial charge in [-0.2, -0.15) is 0 Å². The van der Waals surface area contributed by atoms with Crippen LogP contribution in [0.15, 0.2) is 42.5 Å². The number of rotatable bonds is 4. The lowest BCUT2D eigenvalue weighted by Gasteiger charge is -2.35. The zero-order valence-electron chi connectivity index (χ0n) is 15.3. The van der Waals surface area contributed by atoms with E-state index in [1.807, 2.05) is 0 Å². The highest BCUT2D eigenvalue weighted by Crippen LogP contribution is 2.14. The number of aryl methyl sites for hydroxylation is 2. The highest BCUT2D eigenvalue weighted by atomic mass is 19.1. The first-order valence-electron chi connectivity index (χ1n) is 9.01. The Balaban J connectivity index is 1.50. The first-order valence-corrected chi connectivity index (χ1v) is 9.01. The molecule has 0 aliphatic carbocycles. The van der Waals surface area contributed by atoms with Crippen LogP contribution in [-0.4, -0.2) is 47.8 Å². The molecule has 2 aromatic rings. The van der Waals surface area contributed by atoms with E-state index in [0.29, 0.717) is 50.1 Å². The number of piperazine rings is 1. The molecule has 27 heavy (non-hydrogen) atoms. The zero-order chi connectivity index (χ0) is 19.4. The number of hydrogen-bond acceptors (Lipinski definition) is 2. The summed E-state index contributed by atoms with van der Waals surface area (Å²) in [7, 11) is 0. The molecule has 0 saturated carbocycles. The van der Waals surface area contributed by atoms with Crippen LogP contribution in [0.1, 0.15) is 27.9 Å². The van der Waals surface area contributed by atoms with Crippen LogP contribution in [0.4, 0.5) is 8.78 Å². The minimum absolute atomic E-state index is 0.0315. The van der Waals surface area contributed by atoms with E-state index in [1.165, 1.54) is 24.3 Å². The maximum atomic E-state index is 13.4. The van der Waals surface area contributed by atoms with Gasteiger partial charge in [-0.05, 0) is 54.8 Å². The molecule has 0 spiro atoms. The molecule has 0 radical (unpaired) electrons. The van der Waals surface area contributed by atoms with Crippen molar-refractivity contribution in [2.45, 2.75) is 19.8 Å². The number of hydrogen-bond donors (Lipinski definition) is 0. The van der Waals surface area contributed by atoms with Crippen molar-refractivity contribution in [1.29, 1.82) is 0 Å². The fraction of sp³-hybridized carbons (Fsp3) is 0.333. The predicted octanol–water partition coefficient (Wildman–Crippen LogP) is 3.19. The third-order valence-electron chi connectivity index (χ3n) is 4.87. The molecule has 142 valence electrons. The fourth-order valence-electron chi connectivity index (χ4n) is 3.18. The van der Waals surface area contributed by atoms with Crippen molar-refractivity contribution >= 4 is 11.8 Å². The number of amides is 2. The van der Waals surface area contributed by atoms with Gasteiger partial charge in [0.15, 0.2) is 0 Å². The van der Waals surface area contributed by atoms with Gasteiger partial charge in [0.05, 0.1) is 0 Å². The molecular formula is C21H22F2N2O2. The highest BCUT2D eigenvalue weighted by Gasteiger charge is 2.24. The van der Waals surface area contributed by atoms with Crippen molar-refractivity contribution in [3.05, 3.63) is 70.8 Å². The molecule has 0 aromatic heterocycles.